The molecule has 1 saturated heterocycles. The highest BCUT2D eigenvalue weighted by atomic mass is 32.2. The molecule has 2 N–H and O–H groups in total. The van der Waals surface area contributed by atoms with Crippen molar-refractivity contribution in [3.05, 3.63) is 24.3 Å². The second kappa shape index (κ2) is 7.65. The van der Waals surface area contributed by atoms with Gasteiger partial charge >= 0.3 is 11.8 Å². The second-order valence-corrected chi connectivity index (χ2v) is 8.20. The minimum Gasteiger partial charge on any atom is -0.348 e. The normalized spacial score (nSPS) is 16.2. The summed E-state index contributed by atoms with van der Waals surface area (Å²) in [7, 11) is -3.28. The Bertz CT molecular complexity index is 716. The molecular weight excluding hydrogens is 330 g/mol. The fraction of sp³-hybridized carbons (Fsp3) is 0.500. The number of anilines is 2. The van der Waals surface area contributed by atoms with Crippen LogP contribution < -0.4 is 14.9 Å². The van der Waals surface area contributed by atoms with Gasteiger partial charge < -0.3 is 10.6 Å². The number of carbonyl (C=O) groups excluding carboxylic acids is 2. The van der Waals surface area contributed by atoms with Gasteiger partial charge in [-0.05, 0) is 37.0 Å². The zero-order chi connectivity index (χ0) is 17.7. The van der Waals surface area contributed by atoms with Crippen molar-refractivity contribution in [1.82, 2.24) is 5.32 Å². The average molecular weight is 353 g/mol. The van der Waals surface area contributed by atoms with E-state index in [-0.39, 0.29) is 5.75 Å². The van der Waals surface area contributed by atoms with Crippen molar-refractivity contribution in [3.8, 4) is 0 Å². The molecule has 8 heteroatoms. The van der Waals surface area contributed by atoms with Gasteiger partial charge in [0.15, 0.2) is 0 Å². The molecule has 0 atom stereocenters. The summed E-state index contributed by atoms with van der Waals surface area (Å²) in [5.74, 6) is -0.899. The molecule has 0 radical (unpaired) electrons. The minimum absolute atomic E-state index is 0.127. The van der Waals surface area contributed by atoms with Crippen molar-refractivity contribution in [3.63, 3.8) is 0 Å². The molecule has 132 valence electrons. The van der Waals surface area contributed by atoms with Crippen LogP contribution >= 0.6 is 0 Å². The maximum atomic E-state index is 12.0. The third kappa shape index (κ3) is 4.70. The minimum atomic E-state index is -3.28. The van der Waals surface area contributed by atoms with Gasteiger partial charge in [0, 0.05) is 18.8 Å². The maximum absolute atomic E-state index is 12.0. The molecule has 1 aromatic carbocycles. The standard InChI is InChI=1S/C16H23N3O4S/c1-12(2)7-8-17-15(20)16(21)18-13-5-3-6-14(11-13)19-9-4-10-24(19,22)23/h3,5-6,11-12H,4,7-10H2,1-2H3,(H,17,20)(H,18,21). The monoisotopic (exact) mass is 353 g/mol. The molecule has 0 spiro atoms. The van der Waals surface area contributed by atoms with Crippen LogP contribution in [0.1, 0.15) is 26.7 Å². The molecule has 1 fully saturated rings. The van der Waals surface area contributed by atoms with Gasteiger partial charge in [-0.25, -0.2) is 8.42 Å². The van der Waals surface area contributed by atoms with E-state index in [0.29, 0.717) is 36.8 Å². The molecule has 0 saturated carbocycles. The Morgan fingerprint density at radius 2 is 2.00 bits per heavy atom. The third-order valence-corrected chi connectivity index (χ3v) is 5.57. The lowest BCUT2D eigenvalue weighted by Crippen LogP contribution is -2.36. The molecule has 1 aromatic rings. The van der Waals surface area contributed by atoms with E-state index < -0.39 is 21.8 Å². The summed E-state index contributed by atoms with van der Waals surface area (Å²) in [5.41, 5.74) is 0.879. The maximum Gasteiger partial charge on any atom is 0.313 e. The second-order valence-electron chi connectivity index (χ2n) is 6.18. The predicted octanol–water partition coefficient (Wildman–Crippen LogP) is 1.33. The van der Waals surface area contributed by atoms with Gasteiger partial charge in [0.05, 0.1) is 11.4 Å². The van der Waals surface area contributed by atoms with Crippen LogP contribution in [0.2, 0.25) is 0 Å². The zero-order valence-corrected chi connectivity index (χ0v) is 14.7. The van der Waals surface area contributed by atoms with Gasteiger partial charge in [-0.15, -0.1) is 0 Å². The highest BCUT2D eigenvalue weighted by Crippen LogP contribution is 2.26. The van der Waals surface area contributed by atoms with E-state index in [9.17, 15) is 18.0 Å². The summed E-state index contributed by atoms with van der Waals surface area (Å²) in [6.07, 6.45) is 1.37. The number of carbonyl (C=O) groups is 2. The van der Waals surface area contributed by atoms with Crippen molar-refractivity contribution in [2.24, 2.45) is 5.92 Å². The summed E-state index contributed by atoms with van der Waals surface area (Å²) < 4.78 is 25.2. The lowest BCUT2D eigenvalue weighted by molar-refractivity contribution is -0.136. The van der Waals surface area contributed by atoms with E-state index >= 15 is 0 Å². The SMILES string of the molecule is CC(C)CCNC(=O)C(=O)Nc1cccc(N2CCCS2(=O)=O)c1. The topological polar surface area (TPSA) is 95.6 Å². The number of sulfonamides is 1. The predicted molar refractivity (Wildman–Crippen MR) is 93.3 cm³/mol. The van der Waals surface area contributed by atoms with Crippen LogP contribution in [0.15, 0.2) is 24.3 Å². The molecule has 0 aromatic heterocycles. The Kier molecular flexibility index (Phi) is 5.82. The van der Waals surface area contributed by atoms with Crippen molar-refractivity contribution in [2.75, 3.05) is 28.5 Å². The Hall–Kier alpha value is -2.09. The van der Waals surface area contributed by atoms with E-state index in [0.717, 1.165) is 6.42 Å². The van der Waals surface area contributed by atoms with Crippen LogP contribution in [0, 0.1) is 5.92 Å². The van der Waals surface area contributed by atoms with Gasteiger partial charge in [0.1, 0.15) is 0 Å². The molecule has 2 amide bonds. The number of benzene rings is 1. The van der Waals surface area contributed by atoms with Crippen molar-refractivity contribution in [2.45, 2.75) is 26.7 Å². The first kappa shape index (κ1) is 18.3. The first-order chi connectivity index (χ1) is 11.3. The number of amides is 2. The fourth-order valence-corrected chi connectivity index (χ4v) is 3.97. The van der Waals surface area contributed by atoms with Gasteiger partial charge in [-0.1, -0.05) is 19.9 Å². The third-order valence-electron chi connectivity index (χ3n) is 3.70. The van der Waals surface area contributed by atoms with Gasteiger partial charge in [-0.3, -0.25) is 13.9 Å². The van der Waals surface area contributed by atoms with Gasteiger partial charge in [0.25, 0.3) is 0 Å². The van der Waals surface area contributed by atoms with Crippen LogP contribution in [-0.4, -0.2) is 39.1 Å². The first-order valence-corrected chi connectivity index (χ1v) is 9.60. The number of nitrogens with zero attached hydrogens (tertiary/aromatic N) is 1. The number of nitrogens with one attached hydrogen (secondary N) is 2. The molecule has 7 nitrogen and oxygen atoms in total. The Morgan fingerprint density at radius 3 is 2.62 bits per heavy atom. The summed E-state index contributed by atoms with van der Waals surface area (Å²) in [4.78, 5) is 23.6. The number of hydrogen-bond acceptors (Lipinski definition) is 4. The molecule has 0 aliphatic carbocycles. The summed E-state index contributed by atoms with van der Waals surface area (Å²) in [5, 5.41) is 5.06. The highest BCUT2D eigenvalue weighted by Gasteiger charge is 2.28. The molecule has 1 heterocycles. The molecule has 24 heavy (non-hydrogen) atoms. The fourth-order valence-electron chi connectivity index (χ4n) is 2.41. The smallest absolute Gasteiger partial charge is 0.313 e. The molecule has 0 bridgehead atoms. The van der Waals surface area contributed by atoms with Gasteiger partial charge in [0.2, 0.25) is 10.0 Å². The quantitative estimate of drug-likeness (QED) is 0.781. The van der Waals surface area contributed by atoms with E-state index in [4.69, 9.17) is 0 Å². The van der Waals surface area contributed by atoms with Crippen LogP contribution in [0.25, 0.3) is 0 Å². The Balaban J connectivity index is 1.99. The molecule has 1 aliphatic rings. The van der Waals surface area contributed by atoms with E-state index in [1.807, 2.05) is 13.8 Å². The van der Waals surface area contributed by atoms with Crippen LogP contribution in [0.4, 0.5) is 11.4 Å². The van der Waals surface area contributed by atoms with Crippen molar-refractivity contribution in [1.29, 1.82) is 0 Å². The van der Waals surface area contributed by atoms with E-state index in [1.165, 1.54) is 4.31 Å². The molecular formula is C16H23N3O4S. The lowest BCUT2D eigenvalue weighted by atomic mass is 10.1. The number of hydrogen-bond donors (Lipinski definition) is 2. The first-order valence-electron chi connectivity index (χ1n) is 7.99. The van der Waals surface area contributed by atoms with Crippen LogP contribution in [-0.2, 0) is 19.6 Å². The zero-order valence-electron chi connectivity index (χ0n) is 13.9. The van der Waals surface area contributed by atoms with Crippen LogP contribution in [0.5, 0.6) is 0 Å². The Labute approximate surface area is 142 Å². The van der Waals surface area contributed by atoms with Crippen molar-refractivity contribution < 1.29 is 18.0 Å². The van der Waals surface area contributed by atoms with E-state index in [2.05, 4.69) is 10.6 Å². The largest absolute Gasteiger partial charge is 0.348 e. The van der Waals surface area contributed by atoms with Crippen LogP contribution in [0.3, 0.4) is 0 Å². The summed E-state index contributed by atoms with van der Waals surface area (Å²) in [6, 6.07) is 6.49. The Morgan fingerprint density at radius 1 is 1.25 bits per heavy atom. The molecule has 0 unspecified atom stereocenters. The van der Waals surface area contributed by atoms with E-state index in [1.54, 1.807) is 24.3 Å². The lowest BCUT2D eigenvalue weighted by Gasteiger charge is -2.17. The van der Waals surface area contributed by atoms with Crippen molar-refractivity contribution >= 4 is 33.2 Å². The van der Waals surface area contributed by atoms with Gasteiger partial charge in [-0.2, -0.15) is 0 Å². The highest BCUT2D eigenvalue weighted by molar-refractivity contribution is 7.93. The molecule has 2 rings (SSSR count). The average Bonchev–Trinajstić information content (AvgIpc) is 2.86. The molecule has 1 aliphatic heterocycles. The summed E-state index contributed by atoms with van der Waals surface area (Å²) in [6.45, 7) is 4.93. The number of rotatable bonds is 5. The summed E-state index contributed by atoms with van der Waals surface area (Å²) >= 11 is 0.